The highest BCUT2D eigenvalue weighted by Crippen LogP contribution is 2.24. The summed E-state index contributed by atoms with van der Waals surface area (Å²) in [6, 6.07) is 10.1. The van der Waals surface area contributed by atoms with Gasteiger partial charge in [0.1, 0.15) is 23.5 Å². The van der Waals surface area contributed by atoms with E-state index in [9.17, 15) is 18.8 Å². The Bertz CT molecular complexity index is 1170. The van der Waals surface area contributed by atoms with E-state index in [-0.39, 0.29) is 11.4 Å². The zero-order chi connectivity index (χ0) is 21.9. The molecule has 0 aliphatic carbocycles. The maximum Gasteiger partial charge on any atom is 0.412 e. The van der Waals surface area contributed by atoms with E-state index in [0.717, 1.165) is 16.8 Å². The molecule has 9 nitrogen and oxygen atoms in total. The molecule has 0 unspecified atom stereocenters. The van der Waals surface area contributed by atoms with Crippen molar-refractivity contribution in [3.05, 3.63) is 58.6 Å². The first kappa shape index (κ1) is 20.9. The SMILES string of the molecule is CC(C)(C)OC(=O)Nc1ccc(F)cc1NC(=O)Cn1nnc2ccccc2c1=O. The normalized spacial score (nSPS) is 11.2. The number of nitrogens with zero attached hydrogens (tertiary/aromatic N) is 3. The van der Waals surface area contributed by atoms with Crippen molar-refractivity contribution in [2.24, 2.45) is 0 Å². The van der Waals surface area contributed by atoms with Crippen LogP contribution in [0.4, 0.5) is 20.6 Å². The van der Waals surface area contributed by atoms with Gasteiger partial charge in [-0.1, -0.05) is 17.3 Å². The lowest BCUT2D eigenvalue weighted by Crippen LogP contribution is -2.31. The third-order valence-corrected chi connectivity index (χ3v) is 3.81. The van der Waals surface area contributed by atoms with E-state index in [1.54, 1.807) is 45.0 Å². The molecule has 0 bridgehead atoms. The van der Waals surface area contributed by atoms with Gasteiger partial charge in [0, 0.05) is 0 Å². The second-order valence-electron chi connectivity index (χ2n) is 7.43. The number of hydrogen-bond acceptors (Lipinski definition) is 6. The van der Waals surface area contributed by atoms with Crippen molar-refractivity contribution >= 4 is 34.3 Å². The number of fused-ring (bicyclic) bond motifs is 1. The fourth-order valence-corrected chi connectivity index (χ4v) is 2.60. The minimum atomic E-state index is -0.763. The zero-order valence-electron chi connectivity index (χ0n) is 16.6. The molecule has 1 aromatic heterocycles. The number of anilines is 2. The van der Waals surface area contributed by atoms with E-state index in [1.165, 1.54) is 6.07 Å². The maximum atomic E-state index is 13.7. The number of benzene rings is 2. The van der Waals surface area contributed by atoms with E-state index in [4.69, 9.17) is 4.74 Å². The second-order valence-corrected chi connectivity index (χ2v) is 7.43. The third kappa shape index (κ3) is 5.16. The standard InChI is InChI=1S/C20H20FN5O4/c1-20(2,3)30-19(29)23-15-9-8-12(21)10-16(15)22-17(27)11-26-18(28)13-6-4-5-7-14(13)24-25-26/h4-10H,11H2,1-3H3,(H,22,27)(H,23,29). The van der Waals surface area contributed by atoms with Crippen molar-refractivity contribution in [2.75, 3.05) is 10.6 Å². The number of carbonyl (C=O) groups excluding carboxylic acids is 2. The van der Waals surface area contributed by atoms with Crippen LogP contribution in [0.25, 0.3) is 10.9 Å². The number of rotatable bonds is 4. The van der Waals surface area contributed by atoms with Gasteiger partial charge in [0.25, 0.3) is 5.56 Å². The molecule has 0 spiro atoms. The van der Waals surface area contributed by atoms with Gasteiger partial charge in [-0.25, -0.2) is 13.9 Å². The largest absolute Gasteiger partial charge is 0.444 e. The lowest BCUT2D eigenvalue weighted by molar-refractivity contribution is -0.117. The summed E-state index contributed by atoms with van der Waals surface area (Å²) < 4.78 is 19.8. The number of nitrogens with one attached hydrogen (secondary N) is 2. The Hall–Kier alpha value is -3.82. The van der Waals surface area contributed by atoms with Crippen molar-refractivity contribution in [3.8, 4) is 0 Å². The van der Waals surface area contributed by atoms with Crippen LogP contribution in [-0.4, -0.2) is 32.6 Å². The Kier molecular flexibility index (Phi) is 5.77. The molecule has 1 heterocycles. The topological polar surface area (TPSA) is 115 Å². The molecule has 10 heteroatoms. The highest BCUT2D eigenvalue weighted by molar-refractivity contribution is 5.97. The summed E-state index contributed by atoms with van der Waals surface area (Å²) in [6.07, 6.45) is -0.763. The molecule has 2 N–H and O–H groups in total. The average Bonchev–Trinajstić information content (AvgIpc) is 2.65. The number of carbonyl (C=O) groups is 2. The number of amides is 2. The maximum absolute atomic E-state index is 13.7. The molecule has 156 valence electrons. The number of aromatic nitrogens is 3. The summed E-state index contributed by atoms with van der Waals surface area (Å²) in [6.45, 7) is 4.64. The first-order valence-electron chi connectivity index (χ1n) is 9.04. The first-order valence-corrected chi connectivity index (χ1v) is 9.04. The van der Waals surface area contributed by atoms with Gasteiger partial charge < -0.3 is 10.1 Å². The van der Waals surface area contributed by atoms with Gasteiger partial charge in [-0.15, -0.1) is 5.10 Å². The quantitative estimate of drug-likeness (QED) is 0.680. The molecule has 3 aromatic rings. The van der Waals surface area contributed by atoms with Crippen LogP contribution in [0, 0.1) is 5.82 Å². The Balaban J connectivity index is 1.78. The monoisotopic (exact) mass is 413 g/mol. The van der Waals surface area contributed by atoms with Crippen LogP contribution in [0.1, 0.15) is 20.8 Å². The lowest BCUT2D eigenvalue weighted by atomic mass is 10.2. The Labute approximate surface area is 170 Å². The van der Waals surface area contributed by atoms with Crippen molar-refractivity contribution in [1.29, 1.82) is 0 Å². The molecule has 0 aliphatic heterocycles. The van der Waals surface area contributed by atoms with E-state index in [0.29, 0.717) is 10.9 Å². The van der Waals surface area contributed by atoms with Crippen LogP contribution in [-0.2, 0) is 16.1 Å². The minimum Gasteiger partial charge on any atom is -0.444 e. The van der Waals surface area contributed by atoms with Crippen LogP contribution < -0.4 is 16.2 Å². The number of ether oxygens (including phenoxy) is 1. The van der Waals surface area contributed by atoms with Crippen LogP contribution >= 0.6 is 0 Å². The molecule has 30 heavy (non-hydrogen) atoms. The predicted molar refractivity (Wildman–Crippen MR) is 109 cm³/mol. The highest BCUT2D eigenvalue weighted by atomic mass is 19.1. The summed E-state index contributed by atoms with van der Waals surface area (Å²) in [4.78, 5) is 36.9. The van der Waals surface area contributed by atoms with Crippen molar-refractivity contribution in [3.63, 3.8) is 0 Å². The van der Waals surface area contributed by atoms with Gasteiger partial charge in [0.2, 0.25) is 5.91 Å². The summed E-state index contributed by atoms with van der Waals surface area (Å²) in [5, 5.41) is 12.9. The van der Waals surface area contributed by atoms with E-state index < -0.39 is 35.5 Å². The molecule has 0 saturated carbocycles. The summed E-state index contributed by atoms with van der Waals surface area (Å²) >= 11 is 0. The fraction of sp³-hybridized carbons (Fsp3) is 0.250. The molecule has 2 amide bonds. The van der Waals surface area contributed by atoms with Gasteiger partial charge in [-0.3, -0.25) is 14.9 Å². The third-order valence-electron chi connectivity index (χ3n) is 3.81. The predicted octanol–water partition coefficient (Wildman–Crippen LogP) is 2.92. The molecule has 3 rings (SSSR count). The van der Waals surface area contributed by atoms with Gasteiger partial charge in [-0.05, 0) is 51.1 Å². The Morgan fingerprint density at radius 1 is 1.10 bits per heavy atom. The smallest absolute Gasteiger partial charge is 0.412 e. The Morgan fingerprint density at radius 2 is 1.83 bits per heavy atom. The van der Waals surface area contributed by atoms with E-state index in [1.807, 2.05) is 0 Å². The summed E-state index contributed by atoms with van der Waals surface area (Å²) in [5.41, 5.74) is -0.664. The molecular formula is C20H20FN5O4. The molecular weight excluding hydrogens is 393 g/mol. The van der Waals surface area contributed by atoms with E-state index >= 15 is 0 Å². The van der Waals surface area contributed by atoms with Crippen LogP contribution in [0.5, 0.6) is 0 Å². The van der Waals surface area contributed by atoms with E-state index in [2.05, 4.69) is 20.9 Å². The summed E-state index contributed by atoms with van der Waals surface area (Å²) in [5.74, 6) is -1.28. The molecule has 2 aromatic carbocycles. The summed E-state index contributed by atoms with van der Waals surface area (Å²) in [7, 11) is 0. The second kappa shape index (κ2) is 8.27. The zero-order valence-corrected chi connectivity index (χ0v) is 16.6. The lowest BCUT2D eigenvalue weighted by Gasteiger charge is -2.20. The van der Waals surface area contributed by atoms with Crippen molar-refractivity contribution in [2.45, 2.75) is 32.9 Å². The van der Waals surface area contributed by atoms with Crippen LogP contribution in [0.15, 0.2) is 47.3 Å². The van der Waals surface area contributed by atoms with Crippen LogP contribution in [0.3, 0.4) is 0 Å². The average molecular weight is 413 g/mol. The molecule has 0 aliphatic rings. The first-order chi connectivity index (χ1) is 14.1. The van der Waals surface area contributed by atoms with Gasteiger partial charge in [-0.2, -0.15) is 0 Å². The molecule has 0 fully saturated rings. The van der Waals surface area contributed by atoms with Crippen LogP contribution in [0.2, 0.25) is 0 Å². The fourth-order valence-electron chi connectivity index (χ4n) is 2.60. The minimum absolute atomic E-state index is 0.00709. The molecule has 0 saturated heterocycles. The van der Waals surface area contributed by atoms with Gasteiger partial charge >= 0.3 is 6.09 Å². The molecule has 0 radical (unpaired) electrons. The van der Waals surface area contributed by atoms with Gasteiger partial charge in [0.15, 0.2) is 0 Å². The highest BCUT2D eigenvalue weighted by Gasteiger charge is 2.18. The van der Waals surface area contributed by atoms with Gasteiger partial charge in [0.05, 0.1) is 16.8 Å². The Morgan fingerprint density at radius 3 is 2.57 bits per heavy atom. The van der Waals surface area contributed by atoms with Crippen molar-refractivity contribution < 1.29 is 18.7 Å². The number of halogens is 1. The number of hydrogen-bond donors (Lipinski definition) is 2. The molecule has 0 atom stereocenters. The van der Waals surface area contributed by atoms with Crippen molar-refractivity contribution in [1.82, 2.24) is 15.0 Å².